The smallest absolute Gasteiger partial charge is 0.338 e. The van der Waals surface area contributed by atoms with Crippen molar-refractivity contribution in [2.75, 3.05) is 18.5 Å². The number of ether oxygens (including phenoxy) is 1. The van der Waals surface area contributed by atoms with Crippen LogP contribution in [0.15, 0.2) is 42.5 Å². The number of amides is 4. The fourth-order valence-corrected chi connectivity index (χ4v) is 2.53. The molecule has 2 aromatic carbocycles. The molecule has 1 heterocycles. The molecular formula is C19H15F2N3O5. The van der Waals surface area contributed by atoms with E-state index >= 15 is 0 Å². The van der Waals surface area contributed by atoms with Crippen molar-refractivity contribution >= 4 is 29.5 Å². The molecule has 150 valence electrons. The Morgan fingerprint density at radius 2 is 1.79 bits per heavy atom. The van der Waals surface area contributed by atoms with Gasteiger partial charge in [-0.25, -0.2) is 18.4 Å². The summed E-state index contributed by atoms with van der Waals surface area (Å²) in [6, 6.07) is 8.32. The van der Waals surface area contributed by atoms with Crippen molar-refractivity contribution in [3.63, 3.8) is 0 Å². The first-order chi connectivity index (χ1) is 13.8. The maximum Gasteiger partial charge on any atom is 0.338 e. The van der Waals surface area contributed by atoms with Crippen LogP contribution in [0.2, 0.25) is 0 Å². The van der Waals surface area contributed by atoms with Crippen LogP contribution in [0.25, 0.3) is 0 Å². The number of rotatable bonds is 6. The van der Waals surface area contributed by atoms with Gasteiger partial charge in [-0.3, -0.25) is 14.5 Å². The minimum absolute atomic E-state index is 0.0230. The number of hydrogen-bond acceptors (Lipinski definition) is 5. The molecule has 4 amide bonds. The van der Waals surface area contributed by atoms with Gasteiger partial charge in [0.15, 0.2) is 18.2 Å². The van der Waals surface area contributed by atoms with E-state index in [2.05, 4.69) is 10.6 Å². The average Bonchev–Trinajstić information content (AvgIpc) is 3.01. The zero-order valence-corrected chi connectivity index (χ0v) is 14.9. The number of carbonyl (C=O) groups is 4. The third kappa shape index (κ3) is 4.92. The Labute approximate surface area is 163 Å². The van der Waals surface area contributed by atoms with Gasteiger partial charge in [0.25, 0.3) is 5.91 Å². The number of halogens is 2. The molecule has 0 aromatic heterocycles. The molecule has 0 spiro atoms. The van der Waals surface area contributed by atoms with Gasteiger partial charge in [-0.2, -0.15) is 0 Å². The lowest BCUT2D eigenvalue weighted by Gasteiger charge is -2.12. The summed E-state index contributed by atoms with van der Waals surface area (Å²) in [5, 5.41) is 4.68. The van der Waals surface area contributed by atoms with Crippen molar-refractivity contribution in [2.45, 2.75) is 6.54 Å². The number of benzene rings is 2. The number of urea groups is 1. The molecule has 3 rings (SSSR count). The van der Waals surface area contributed by atoms with E-state index < -0.39 is 36.1 Å². The third-order valence-corrected chi connectivity index (χ3v) is 4.01. The van der Waals surface area contributed by atoms with E-state index in [9.17, 15) is 28.0 Å². The Balaban J connectivity index is 1.51. The molecule has 2 aromatic rings. The molecule has 29 heavy (non-hydrogen) atoms. The Morgan fingerprint density at radius 1 is 1.07 bits per heavy atom. The Morgan fingerprint density at radius 3 is 2.41 bits per heavy atom. The topological polar surface area (TPSA) is 105 Å². The molecule has 0 bridgehead atoms. The minimum atomic E-state index is -1.12. The monoisotopic (exact) mass is 403 g/mol. The Hall–Kier alpha value is -3.82. The highest BCUT2D eigenvalue weighted by Gasteiger charge is 2.28. The van der Waals surface area contributed by atoms with Crippen LogP contribution in [0, 0.1) is 11.6 Å². The van der Waals surface area contributed by atoms with Crippen molar-refractivity contribution in [1.82, 2.24) is 10.2 Å². The molecule has 8 nitrogen and oxygen atoms in total. The molecule has 1 aliphatic rings. The normalized spacial score (nSPS) is 13.2. The van der Waals surface area contributed by atoms with Crippen molar-refractivity contribution in [1.29, 1.82) is 0 Å². The Kier molecular flexibility index (Phi) is 5.82. The second-order valence-electron chi connectivity index (χ2n) is 6.09. The average molecular weight is 403 g/mol. The molecule has 1 saturated heterocycles. The second kappa shape index (κ2) is 8.46. The summed E-state index contributed by atoms with van der Waals surface area (Å²) in [7, 11) is 0. The summed E-state index contributed by atoms with van der Waals surface area (Å²) < 4.78 is 30.9. The predicted molar refractivity (Wildman–Crippen MR) is 95.7 cm³/mol. The van der Waals surface area contributed by atoms with Crippen LogP contribution in [0.5, 0.6) is 0 Å². The summed E-state index contributed by atoms with van der Waals surface area (Å²) in [4.78, 5) is 47.9. The first-order valence-electron chi connectivity index (χ1n) is 8.42. The van der Waals surface area contributed by atoms with E-state index in [0.29, 0.717) is 5.56 Å². The summed E-state index contributed by atoms with van der Waals surface area (Å²) in [6.07, 6.45) is 0. The summed E-state index contributed by atoms with van der Waals surface area (Å²) in [5.41, 5.74) is 0.810. The van der Waals surface area contributed by atoms with Crippen molar-refractivity contribution in [3.05, 3.63) is 65.2 Å². The molecule has 1 aliphatic heterocycles. The minimum Gasteiger partial charge on any atom is -0.452 e. The number of esters is 1. The molecule has 1 fully saturated rings. The van der Waals surface area contributed by atoms with Gasteiger partial charge < -0.3 is 15.4 Å². The van der Waals surface area contributed by atoms with E-state index in [1.165, 1.54) is 18.2 Å². The van der Waals surface area contributed by atoms with Crippen molar-refractivity contribution in [3.8, 4) is 0 Å². The van der Waals surface area contributed by atoms with Crippen molar-refractivity contribution in [2.24, 2.45) is 0 Å². The number of nitrogens with one attached hydrogen (secondary N) is 2. The quantitative estimate of drug-likeness (QED) is 0.566. The van der Waals surface area contributed by atoms with Crippen LogP contribution in [0.1, 0.15) is 15.9 Å². The van der Waals surface area contributed by atoms with Gasteiger partial charge in [-0.1, -0.05) is 12.1 Å². The fourth-order valence-electron chi connectivity index (χ4n) is 2.53. The molecule has 0 atom stereocenters. The highest BCUT2D eigenvalue weighted by Crippen LogP contribution is 2.14. The fraction of sp³-hybridized carbons (Fsp3) is 0.158. The molecular weight excluding hydrogens is 388 g/mol. The summed E-state index contributed by atoms with van der Waals surface area (Å²) >= 11 is 0. The van der Waals surface area contributed by atoms with Gasteiger partial charge in [0.1, 0.15) is 0 Å². The van der Waals surface area contributed by atoms with Gasteiger partial charge in [-0.05, 0) is 29.8 Å². The molecule has 2 N–H and O–H groups in total. The maximum atomic E-state index is 13.1. The predicted octanol–water partition coefficient (Wildman–Crippen LogP) is 1.81. The second-order valence-corrected chi connectivity index (χ2v) is 6.09. The highest BCUT2D eigenvalue weighted by molar-refractivity contribution is 6.01. The summed E-state index contributed by atoms with van der Waals surface area (Å²) in [6.45, 7) is -0.603. The van der Waals surface area contributed by atoms with E-state index in [0.717, 1.165) is 17.0 Å². The van der Waals surface area contributed by atoms with E-state index in [1.54, 1.807) is 12.1 Å². The number of imide groups is 1. The van der Waals surface area contributed by atoms with Crippen LogP contribution in [-0.2, 0) is 20.9 Å². The lowest BCUT2D eigenvalue weighted by Crippen LogP contribution is -2.30. The summed E-state index contributed by atoms with van der Waals surface area (Å²) in [5.74, 6) is -4.00. The zero-order valence-electron chi connectivity index (χ0n) is 14.9. The van der Waals surface area contributed by atoms with Crippen molar-refractivity contribution < 1.29 is 32.7 Å². The van der Waals surface area contributed by atoms with Gasteiger partial charge in [0.2, 0.25) is 5.91 Å². The molecule has 0 saturated carbocycles. The van der Waals surface area contributed by atoms with E-state index in [4.69, 9.17) is 4.74 Å². The van der Waals surface area contributed by atoms with Crippen LogP contribution in [-0.4, -0.2) is 41.9 Å². The van der Waals surface area contributed by atoms with E-state index in [-0.39, 0.29) is 30.2 Å². The zero-order chi connectivity index (χ0) is 21.0. The number of carbonyl (C=O) groups excluding carboxylic acids is 4. The van der Waals surface area contributed by atoms with Gasteiger partial charge in [0, 0.05) is 11.8 Å². The highest BCUT2D eigenvalue weighted by atomic mass is 19.2. The van der Waals surface area contributed by atoms with Crippen LogP contribution < -0.4 is 10.6 Å². The third-order valence-electron chi connectivity index (χ3n) is 4.01. The Bertz CT molecular complexity index is 962. The van der Waals surface area contributed by atoms with Crippen LogP contribution in [0.4, 0.5) is 19.3 Å². The lowest BCUT2D eigenvalue weighted by atomic mass is 10.1. The number of nitrogens with zero attached hydrogens (tertiary/aromatic N) is 1. The molecule has 0 radical (unpaired) electrons. The molecule has 0 unspecified atom stereocenters. The van der Waals surface area contributed by atoms with E-state index in [1.807, 2.05) is 0 Å². The SMILES string of the molecule is O=C(COC(=O)c1ccc(CN2C(=O)CNC2=O)cc1)Nc1ccc(F)c(F)c1. The molecule has 0 aliphatic carbocycles. The largest absolute Gasteiger partial charge is 0.452 e. The van der Waals surface area contributed by atoms with Gasteiger partial charge >= 0.3 is 12.0 Å². The standard InChI is InChI=1S/C19H15F2N3O5/c20-14-6-5-13(7-15(14)21)23-16(25)10-29-18(27)12-3-1-11(2-4-12)9-24-17(26)8-22-19(24)28/h1-7H,8-10H2,(H,22,28)(H,23,25). The lowest BCUT2D eigenvalue weighted by molar-refractivity contribution is -0.125. The first kappa shape index (κ1) is 19.9. The maximum absolute atomic E-state index is 13.1. The first-order valence-corrected chi connectivity index (χ1v) is 8.42. The van der Waals surface area contributed by atoms with Crippen LogP contribution >= 0.6 is 0 Å². The number of anilines is 1. The van der Waals surface area contributed by atoms with Gasteiger partial charge in [0.05, 0.1) is 18.7 Å². The molecule has 10 heteroatoms. The number of hydrogen-bond donors (Lipinski definition) is 2. The van der Waals surface area contributed by atoms with Gasteiger partial charge in [-0.15, -0.1) is 0 Å². The van der Waals surface area contributed by atoms with Crippen LogP contribution in [0.3, 0.4) is 0 Å².